The van der Waals surface area contributed by atoms with Gasteiger partial charge in [0.1, 0.15) is 5.52 Å². The first kappa shape index (κ1) is 13.9. The van der Waals surface area contributed by atoms with Gasteiger partial charge in [0, 0.05) is 12.2 Å². The Bertz CT molecular complexity index is 909. The first-order valence-corrected chi connectivity index (χ1v) is 7.85. The molecule has 3 aromatic rings. The fourth-order valence-electron chi connectivity index (χ4n) is 2.83. The maximum absolute atomic E-state index is 12.6. The summed E-state index contributed by atoms with van der Waals surface area (Å²) in [5.74, 6) is 0.267. The summed E-state index contributed by atoms with van der Waals surface area (Å²) in [5.41, 5.74) is 4.66. The normalized spacial score (nSPS) is 14.2. The minimum absolute atomic E-state index is 0.134. The van der Waals surface area contributed by atoms with Crippen molar-refractivity contribution in [2.75, 3.05) is 0 Å². The maximum Gasteiger partial charge on any atom is 0.287 e. The molecule has 1 aliphatic carbocycles. The zero-order chi connectivity index (χ0) is 16.0. The number of hydrogen-bond acceptors (Lipinski definition) is 3. The minimum atomic E-state index is -0.134. The Morgan fingerprint density at radius 3 is 2.83 bits per heavy atom. The molecule has 0 aliphatic heterocycles. The quantitative estimate of drug-likeness (QED) is 0.809. The predicted octanol–water partition coefficient (Wildman–Crippen LogP) is 2.93. The molecule has 0 radical (unpaired) electrons. The number of aryl methyl sites for hydroxylation is 2. The summed E-state index contributed by atoms with van der Waals surface area (Å²) < 4.78 is 1.86. The molecule has 1 fully saturated rings. The second-order valence-corrected chi connectivity index (χ2v) is 6.15. The van der Waals surface area contributed by atoms with E-state index in [0.717, 1.165) is 29.6 Å². The molecular weight excluding hydrogens is 288 g/mol. The highest BCUT2D eigenvalue weighted by Crippen LogP contribution is 2.25. The molecule has 5 heteroatoms. The highest BCUT2D eigenvalue weighted by molar-refractivity contribution is 5.95. The minimum Gasteiger partial charge on any atom is -0.347 e. The number of nitrogens with zero attached hydrogens (tertiary/aromatic N) is 3. The van der Waals surface area contributed by atoms with Crippen molar-refractivity contribution in [2.45, 2.75) is 32.7 Å². The lowest BCUT2D eigenvalue weighted by Gasteiger charge is -2.12. The van der Waals surface area contributed by atoms with Crippen molar-refractivity contribution in [3.05, 3.63) is 53.5 Å². The van der Waals surface area contributed by atoms with E-state index in [1.807, 2.05) is 35.8 Å². The smallest absolute Gasteiger partial charge is 0.287 e. The van der Waals surface area contributed by atoms with Gasteiger partial charge in [0.15, 0.2) is 5.65 Å². The van der Waals surface area contributed by atoms with E-state index in [-0.39, 0.29) is 5.91 Å². The molecule has 116 valence electrons. The summed E-state index contributed by atoms with van der Waals surface area (Å²) >= 11 is 0. The average molecular weight is 306 g/mol. The Kier molecular flexibility index (Phi) is 3.15. The van der Waals surface area contributed by atoms with Crippen LogP contribution in [0.3, 0.4) is 0 Å². The van der Waals surface area contributed by atoms with Crippen LogP contribution in [-0.2, 0) is 0 Å². The number of amides is 1. The first-order chi connectivity index (χ1) is 11.1. The largest absolute Gasteiger partial charge is 0.347 e. The molecule has 1 aromatic carbocycles. The number of aromatic nitrogens is 3. The van der Waals surface area contributed by atoms with Crippen molar-refractivity contribution < 1.29 is 4.79 Å². The van der Waals surface area contributed by atoms with Crippen LogP contribution in [0.4, 0.5) is 0 Å². The van der Waals surface area contributed by atoms with E-state index in [0.29, 0.717) is 17.5 Å². The second-order valence-electron chi connectivity index (χ2n) is 6.15. The fraction of sp³-hybridized carbons (Fsp3) is 0.278. The van der Waals surface area contributed by atoms with Gasteiger partial charge < -0.3 is 5.32 Å². The molecule has 4 rings (SSSR count). The zero-order valence-electron chi connectivity index (χ0n) is 13.2. The predicted molar refractivity (Wildman–Crippen MR) is 88.8 cm³/mol. The molecule has 2 aromatic heterocycles. The third-order valence-electron chi connectivity index (χ3n) is 4.12. The van der Waals surface area contributed by atoms with Crippen LogP contribution in [0.5, 0.6) is 0 Å². The summed E-state index contributed by atoms with van der Waals surface area (Å²) in [5, 5.41) is 3.02. The number of hydrogen-bond donors (Lipinski definition) is 1. The van der Waals surface area contributed by atoms with Gasteiger partial charge >= 0.3 is 0 Å². The lowest BCUT2D eigenvalue weighted by atomic mass is 10.1. The number of fused-ring (bicyclic) bond motifs is 1. The van der Waals surface area contributed by atoms with E-state index in [1.54, 1.807) is 6.20 Å². The fourth-order valence-corrected chi connectivity index (χ4v) is 2.83. The Labute approximate surface area is 134 Å². The van der Waals surface area contributed by atoms with Crippen LogP contribution in [0.2, 0.25) is 0 Å². The topological polar surface area (TPSA) is 59.8 Å². The van der Waals surface area contributed by atoms with Crippen molar-refractivity contribution in [3.63, 3.8) is 0 Å². The van der Waals surface area contributed by atoms with Crippen molar-refractivity contribution in [1.29, 1.82) is 0 Å². The summed E-state index contributed by atoms with van der Waals surface area (Å²) in [6.45, 7) is 4.10. The number of pyridine rings is 1. The van der Waals surface area contributed by atoms with Gasteiger partial charge in [-0.25, -0.2) is 9.97 Å². The molecular formula is C18H18N4O. The molecule has 0 unspecified atom stereocenters. The van der Waals surface area contributed by atoms with Crippen LogP contribution in [-0.4, -0.2) is 26.5 Å². The van der Waals surface area contributed by atoms with Crippen molar-refractivity contribution in [3.8, 4) is 5.69 Å². The monoisotopic (exact) mass is 306 g/mol. The van der Waals surface area contributed by atoms with Gasteiger partial charge in [0.05, 0.1) is 5.69 Å². The second kappa shape index (κ2) is 5.19. The molecule has 5 nitrogen and oxygen atoms in total. The van der Waals surface area contributed by atoms with Crippen molar-refractivity contribution >= 4 is 17.1 Å². The summed E-state index contributed by atoms with van der Waals surface area (Å²) in [6, 6.07) is 10.2. The van der Waals surface area contributed by atoms with Crippen LogP contribution in [0.1, 0.15) is 34.6 Å². The van der Waals surface area contributed by atoms with Crippen LogP contribution < -0.4 is 5.32 Å². The number of carbonyl (C=O) groups is 1. The standard InChI is InChI=1S/C18H18N4O/c1-11-5-8-15(12(2)10-11)22-16-14(4-3-9-19-16)21-17(22)18(23)20-13-6-7-13/h3-5,8-10,13H,6-7H2,1-2H3,(H,20,23). The summed E-state index contributed by atoms with van der Waals surface area (Å²) in [7, 11) is 0. The van der Waals surface area contributed by atoms with E-state index >= 15 is 0 Å². The van der Waals surface area contributed by atoms with Gasteiger partial charge in [-0.3, -0.25) is 9.36 Å². The lowest BCUT2D eigenvalue weighted by Crippen LogP contribution is -2.28. The molecule has 1 amide bonds. The number of benzene rings is 1. The van der Waals surface area contributed by atoms with E-state index in [2.05, 4.69) is 28.3 Å². The van der Waals surface area contributed by atoms with Gasteiger partial charge in [0.25, 0.3) is 5.91 Å². The van der Waals surface area contributed by atoms with Gasteiger partial charge in [-0.1, -0.05) is 17.7 Å². The molecule has 0 bridgehead atoms. The van der Waals surface area contributed by atoms with Crippen molar-refractivity contribution in [2.24, 2.45) is 0 Å². The number of rotatable bonds is 3. The van der Waals surface area contributed by atoms with E-state index in [9.17, 15) is 4.79 Å². The number of carbonyl (C=O) groups excluding carboxylic acids is 1. The first-order valence-electron chi connectivity index (χ1n) is 7.85. The molecule has 23 heavy (non-hydrogen) atoms. The van der Waals surface area contributed by atoms with E-state index < -0.39 is 0 Å². The van der Waals surface area contributed by atoms with Gasteiger partial charge in [0.2, 0.25) is 5.82 Å². The van der Waals surface area contributed by atoms with Crippen LogP contribution >= 0.6 is 0 Å². The summed E-state index contributed by atoms with van der Waals surface area (Å²) in [4.78, 5) is 21.6. The molecule has 2 heterocycles. The Morgan fingerprint density at radius 2 is 2.09 bits per heavy atom. The molecule has 1 aliphatic rings. The molecule has 1 N–H and O–H groups in total. The van der Waals surface area contributed by atoms with Crippen LogP contribution in [0, 0.1) is 13.8 Å². The Balaban J connectivity index is 1.93. The van der Waals surface area contributed by atoms with Gasteiger partial charge in [-0.2, -0.15) is 0 Å². The van der Waals surface area contributed by atoms with Gasteiger partial charge in [-0.15, -0.1) is 0 Å². The van der Waals surface area contributed by atoms with E-state index in [4.69, 9.17) is 0 Å². The zero-order valence-corrected chi connectivity index (χ0v) is 13.2. The Hall–Kier alpha value is -2.69. The molecule has 0 spiro atoms. The SMILES string of the molecule is Cc1ccc(-n2c(C(=O)NC3CC3)nc3cccnc32)c(C)c1. The Morgan fingerprint density at radius 1 is 1.26 bits per heavy atom. The lowest BCUT2D eigenvalue weighted by molar-refractivity contribution is 0.0939. The van der Waals surface area contributed by atoms with Crippen LogP contribution in [0.15, 0.2) is 36.5 Å². The summed E-state index contributed by atoms with van der Waals surface area (Å²) in [6.07, 6.45) is 3.83. The van der Waals surface area contributed by atoms with Crippen LogP contribution in [0.25, 0.3) is 16.9 Å². The van der Waals surface area contributed by atoms with E-state index in [1.165, 1.54) is 5.56 Å². The maximum atomic E-state index is 12.6. The highest BCUT2D eigenvalue weighted by Gasteiger charge is 2.27. The van der Waals surface area contributed by atoms with Crippen molar-refractivity contribution in [1.82, 2.24) is 19.9 Å². The number of nitrogens with one attached hydrogen (secondary N) is 1. The molecule has 1 saturated carbocycles. The number of imidazole rings is 1. The van der Waals surface area contributed by atoms with Gasteiger partial charge in [-0.05, 0) is 50.5 Å². The molecule has 0 saturated heterocycles. The average Bonchev–Trinajstić information content (AvgIpc) is 3.25. The third kappa shape index (κ3) is 2.48. The highest BCUT2D eigenvalue weighted by atomic mass is 16.2. The molecule has 0 atom stereocenters. The third-order valence-corrected chi connectivity index (χ3v) is 4.12.